The second kappa shape index (κ2) is 4.70. The van der Waals surface area contributed by atoms with E-state index in [9.17, 15) is 14.7 Å². The van der Waals surface area contributed by atoms with Crippen LogP contribution < -0.4 is 5.73 Å². The van der Waals surface area contributed by atoms with Crippen molar-refractivity contribution in [1.29, 1.82) is 0 Å². The summed E-state index contributed by atoms with van der Waals surface area (Å²) in [6.45, 7) is 0. The molecule has 1 amide bonds. The topological polar surface area (TPSA) is 98.2 Å². The molecule has 18 heavy (non-hydrogen) atoms. The van der Waals surface area contributed by atoms with Gasteiger partial charge in [0.1, 0.15) is 0 Å². The van der Waals surface area contributed by atoms with E-state index < -0.39 is 17.9 Å². The number of nitrogens with two attached hydrogens (primary N) is 1. The molecular formula is C12H11N3O3. The van der Waals surface area contributed by atoms with Gasteiger partial charge in [0.25, 0.3) is 5.91 Å². The molecule has 2 aromatic rings. The van der Waals surface area contributed by atoms with Gasteiger partial charge in [-0.05, 0) is 5.56 Å². The maximum Gasteiger partial charge on any atom is 0.333 e. The maximum atomic E-state index is 11.3. The maximum absolute atomic E-state index is 11.3. The Morgan fingerprint density at radius 2 is 1.94 bits per heavy atom. The first-order valence-electron chi connectivity index (χ1n) is 5.21. The van der Waals surface area contributed by atoms with Crippen LogP contribution in [-0.4, -0.2) is 26.8 Å². The number of benzene rings is 1. The number of carboxylic acids is 1. The van der Waals surface area contributed by atoms with E-state index in [0.717, 1.165) is 0 Å². The van der Waals surface area contributed by atoms with Crippen LogP contribution in [0.25, 0.3) is 0 Å². The number of amides is 1. The zero-order chi connectivity index (χ0) is 13.1. The molecule has 0 bridgehead atoms. The monoisotopic (exact) mass is 245 g/mol. The van der Waals surface area contributed by atoms with Gasteiger partial charge in [0.15, 0.2) is 6.04 Å². The molecule has 6 nitrogen and oxygen atoms in total. The Labute approximate surface area is 103 Å². The van der Waals surface area contributed by atoms with E-state index in [1.54, 1.807) is 30.3 Å². The summed E-state index contributed by atoms with van der Waals surface area (Å²) in [4.78, 5) is 22.3. The summed E-state index contributed by atoms with van der Waals surface area (Å²) in [5.41, 5.74) is 5.85. The Morgan fingerprint density at radius 3 is 2.44 bits per heavy atom. The minimum atomic E-state index is -1.06. The summed E-state index contributed by atoms with van der Waals surface area (Å²) in [5.74, 6) is -1.70. The highest BCUT2D eigenvalue weighted by Gasteiger charge is 2.23. The first-order valence-corrected chi connectivity index (χ1v) is 5.21. The van der Waals surface area contributed by atoms with Crippen molar-refractivity contribution in [1.82, 2.24) is 9.78 Å². The number of nitrogens with zero attached hydrogens (tertiary/aromatic N) is 2. The van der Waals surface area contributed by atoms with Gasteiger partial charge in [-0.1, -0.05) is 30.3 Å². The molecule has 1 aromatic carbocycles. The van der Waals surface area contributed by atoms with Crippen molar-refractivity contribution in [2.45, 2.75) is 6.04 Å². The highest BCUT2D eigenvalue weighted by atomic mass is 16.4. The fourth-order valence-corrected chi connectivity index (χ4v) is 1.65. The minimum Gasteiger partial charge on any atom is -0.479 e. The van der Waals surface area contributed by atoms with E-state index >= 15 is 0 Å². The van der Waals surface area contributed by atoms with Crippen LogP contribution in [0.15, 0.2) is 42.7 Å². The number of primary amides is 1. The van der Waals surface area contributed by atoms with E-state index in [1.165, 1.54) is 17.1 Å². The summed E-state index contributed by atoms with van der Waals surface area (Å²) in [7, 11) is 0. The second-order valence-electron chi connectivity index (χ2n) is 3.72. The molecule has 3 N–H and O–H groups in total. The molecule has 0 radical (unpaired) electrons. The molecule has 0 saturated heterocycles. The van der Waals surface area contributed by atoms with Gasteiger partial charge in [-0.3, -0.25) is 9.48 Å². The lowest BCUT2D eigenvalue weighted by Gasteiger charge is -2.12. The number of carbonyl (C=O) groups excluding carboxylic acids is 1. The third-order valence-electron chi connectivity index (χ3n) is 2.50. The van der Waals surface area contributed by atoms with Crippen molar-refractivity contribution in [2.24, 2.45) is 5.73 Å². The lowest BCUT2D eigenvalue weighted by Crippen LogP contribution is -2.21. The highest BCUT2D eigenvalue weighted by Crippen LogP contribution is 2.18. The molecule has 0 spiro atoms. The number of carboxylic acid groups (broad SMARTS) is 1. The second-order valence-corrected chi connectivity index (χ2v) is 3.72. The number of hydrogen-bond acceptors (Lipinski definition) is 3. The van der Waals surface area contributed by atoms with Crippen LogP contribution >= 0.6 is 0 Å². The Morgan fingerprint density at radius 1 is 1.28 bits per heavy atom. The van der Waals surface area contributed by atoms with Crippen molar-refractivity contribution >= 4 is 11.9 Å². The summed E-state index contributed by atoms with van der Waals surface area (Å²) < 4.78 is 1.21. The first kappa shape index (κ1) is 11.8. The van der Waals surface area contributed by atoms with Gasteiger partial charge in [-0.25, -0.2) is 4.79 Å². The standard InChI is InChI=1S/C12H11N3O3/c13-11(16)9-6-14-15(7-9)10(12(17)18)8-4-2-1-3-5-8/h1-7,10H,(H2,13,16)(H,17,18). The van der Waals surface area contributed by atoms with E-state index in [4.69, 9.17) is 5.73 Å². The molecule has 92 valence electrons. The molecule has 0 aliphatic carbocycles. The van der Waals surface area contributed by atoms with Crippen LogP contribution in [-0.2, 0) is 4.79 Å². The Kier molecular flexibility index (Phi) is 3.09. The molecule has 0 fully saturated rings. The van der Waals surface area contributed by atoms with Crippen molar-refractivity contribution < 1.29 is 14.7 Å². The zero-order valence-electron chi connectivity index (χ0n) is 9.35. The SMILES string of the molecule is NC(=O)c1cnn(C(C(=O)O)c2ccccc2)c1. The summed E-state index contributed by atoms with van der Waals surface area (Å²) >= 11 is 0. The van der Waals surface area contributed by atoms with E-state index in [0.29, 0.717) is 5.56 Å². The van der Waals surface area contributed by atoms with Crippen LogP contribution in [0.4, 0.5) is 0 Å². The van der Waals surface area contributed by atoms with Crippen LogP contribution in [0.3, 0.4) is 0 Å². The van der Waals surface area contributed by atoms with Gasteiger partial charge >= 0.3 is 5.97 Å². The number of carbonyl (C=O) groups is 2. The van der Waals surface area contributed by atoms with E-state index in [1.807, 2.05) is 0 Å². The molecule has 1 aromatic heterocycles. The van der Waals surface area contributed by atoms with Crippen molar-refractivity contribution in [3.05, 3.63) is 53.9 Å². The lowest BCUT2D eigenvalue weighted by atomic mass is 10.1. The van der Waals surface area contributed by atoms with Crippen LogP contribution in [0, 0.1) is 0 Å². The average molecular weight is 245 g/mol. The summed E-state index contributed by atoms with van der Waals surface area (Å²) in [6.07, 6.45) is 2.58. The molecule has 0 saturated carbocycles. The first-order chi connectivity index (χ1) is 8.59. The fourth-order valence-electron chi connectivity index (χ4n) is 1.65. The number of rotatable bonds is 4. The fraction of sp³-hybridized carbons (Fsp3) is 0.0833. The smallest absolute Gasteiger partial charge is 0.333 e. The quantitative estimate of drug-likeness (QED) is 0.826. The van der Waals surface area contributed by atoms with Crippen molar-refractivity contribution in [3.63, 3.8) is 0 Å². The van der Waals surface area contributed by atoms with Crippen molar-refractivity contribution in [2.75, 3.05) is 0 Å². The summed E-state index contributed by atoms with van der Waals surface area (Å²) in [5, 5.41) is 13.1. The highest BCUT2D eigenvalue weighted by molar-refractivity contribution is 5.92. The average Bonchev–Trinajstić information content (AvgIpc) is 2.79. The zero-order valence-corrected chi connectivity index (χ0v) is 9.35. The Bertz CT molecular complexity index is 577. The molecule has 1 heterocycles. The third-order valence-corrected chi connectivity index (χ3v) is 2.50. The van der Waals surface area contributed by atoms with E-state index in [-0.39, 0.29) is 5.56 Å². The number of aromatic nitrogens is 2. The van der Waals surface area contributed by atoms with Crippen LogP contribution in [0.2, 0.25) is 0 Å². The van der Waals surface area contributed by atoms with Crippen LogP contribution in [0.1, 0.15) is 22.0 Å². The number of hydrogen-bond donors (Lipinski definition) is 2. The van der Waals surface area contributed by atoms with Gasteiger partial charge in [0.2, 0.25) is 0 Å². The lowest BCUT2D eigenvalue weighted by molar-refractivity contribution is -0.139. The van der Waals surface area contributed by atoms with Gasteiger partial charge in [-0.15, -0.1) is 0 Å². The molecule has 0 aliphatic rings. The molecular weight excluding hydrogens is 234 g/mol. The van der Waals surface area contributed by atoms with Gasteiger partial charge in [-0.2, -0.15) is 5.10 Å². The van der Waals surface area contributed by atoms with Gasteiger partial charge < -0.3 is 10.8 Å². The predicted molar refractivity (Wildman–Crippen MR) is 63.0 cm³/mol. The Balaban J connectivity index is 2.42. The minimum absolute atomic E-state index is 0.178. The third kappa shape index (κ3) is 2.22. The van der Waals surface area contributed by atoms with Gasteiger partial charge in [0, 0.05) is 6.20 Å². The van der Waals surface area contributed by atoms with Gasteiger partial charge in [0.05, 0.1) is 11.8 Å². The Hall–Kier alpha value is -2.63. The molecule has 2 rings (SSSR count). The number of aliphatic carboxylic acids is 1. The predicted octanol–water partition coefficient (Wildman–Crippen LogP) is 0.656. The molecule has 1 unspecified atom stereocenters. The van der Waals surface area contributed by atoms with E-state index in [2.05, 4.69) is 5.10 Å². The molecule has 6 heteroatoms. The molecule has 1 atom stereocenters. The van der Waals surface area contributed by atoms with Crippen LogP contribution in [0.5, 0.6) is 0 Å². The normalized spacial score (nSPS) is 12.0. The summed E-state index contributed by atoms with van der Waals surface area (Å²) in [6, 6.07) is 7.67. The largest absolute Gasteiger partial charge is 0.479 e. The molecule has 0 aliphatic heterocycles. The van der Waals surface area contributed by atoms with Crippen molar-refractivity contribution in [3.8, 4) is 0 Å².